The van der Waals surface area contributed by atoms with Gasteiger partial charge in [-0.15, -0.1) is 0 Å². The molecule has 0 radical (unpaired) electrons. The number of ether oxygens (including phenoxy) is 2. The second-order valence-corrected chi connectivity index (χ2v) is 7.63. The second-order valence-electron chi connectivity index (χ2n) is 7.63. The predicted octanol–water partition coefficient (Wildman–Crippen LogP) is 4.32. The van der Waals surface area contributed by atoms with Crippen molar-refractivity contribution in [3.63, 3.8) is 0 Å². The normalized spacial score (nSPS) is 24.0. The van der Waals surface area contributed by atoms with E-state index in [9.17, 15) is 4.79 Å². The average Bonchev–Trinajstić information content (AvgIpc) is 3.21. The fraction of sp³-hybridized carbons (Fsp3) is 0.250. The largest absolute Gasteiger partial charge is 0.467 e. The summed E-state index contributed by atoms with van der Waals surface area (Å²) in [4.78, 5) is 19.6. The van der Waals surface area contributed by atoms with E-state index in [1.54, 1.807) is 0 Å². The minimum absolute atomic E-state index is 0.284. The van der Waals surface area contributed by atoms with Crippen molar-refractivity contribution in [2.45, 2.75) is 32.2 Å². The first-order valence-electron chi connectivity index (χ1n) is 9.77. The van der Waals surface area contributed by atoms with Gasteiger partial charge in [0, 0.05) is 10.9 Å². The number of aryl methyl sites for hydroxylation is 1. The van der Waals surface area contributed by atoms with Crippen molar-refractivity contribution >= 4 is 28.6 Å². The van der Waals surface area contributed by atoms with Gasteiger partial charge < -0.3 is 14.4 Å². The Morgan fingerprint density at radius 1 is 1.17 bits per heavy atom. The first kappa shape index (κ1) is 17.9. The second kappa shape index (κ2) is 6.71. The quantitative estimate of drug-likeness (QED) is 0.614. The summed E-state index contributed by atoms with van der Waals surface area (Å²) in [6.07, 6.45) is 1.45. The van der Waals surface area contributed by atoms with Crippen molar-refractivity contribution < 1.29 is 14.3 Å². The Balaban J connectivity index is 1.72. The molecule has 3 aromatic rings. The van der Waals surface area contributed by atoms with Crippen LogP contribution in [0.1, 0.15) is 35.5 Å². The van der Waals surface area contributed by atoms with Crippen LogP contribution in [-0.2, 0) is 14.3 Å². The molecule has 5 nitrogen and oxygen atoms in total. The van der Waals surface area contributed by atoms with Gasteiger partial charge in [0.25, 0.3) is 0 Å². The third-order valence-corrected chi connectivity index (χ3v) is 5.70. The molecule has 1 aromatic heterocycles. The van der Waals surface area contributed by atoms with E-state index in [4.69, 9.17) is 14.5 Å². The number of methoxy groups -OCH3 is 1. The fourth-order valence-electron chi connectivity index (χ4n) is 4.25. The van der Waals surface area contributed by atoms with Crippen LogP contribution in [0.5, 0.6) is 0 Å². The molecular weight excluding hydrogens is 364 g/mol. The Labute approximate surface area is 169 Å². The Hall–Kier alpha value is -3.18. The van der Waals surface area contributed by atoms with Gasteiger partial charge in [0.1, 0.15) is 0 Å². The van der Waals surface area contributed by atoms with E-state index in [0.717, 1.165) is 33.4 Å². The molecule has 0 aliphatic carbocycles. The highest BCUT2D eigenvalue weighted by Gasteiger charge is 2.51. The monoisotopic (exact) mass is 386 g/mol. The van der Waals surface area contributed by atoms with Crippen LogP contribution in [0.25, 0.3) is 22.7 Å². The number of nitrogens with zero attached hydrogens (tertiary/aromatic N) is 2. The number of rotatable bonds is 2. The van der Waals surface area contributed by atoms with Gasteiger partial charge in [-0.3, -0.25) is 0 Å². The summed E-state index contributed by atoms with van der Waals surface area (Å²) >= 11 is 0. The zero-order valence-electron chi connectivity index (χ0n) is 16.6. The third-order valence-electron chi connectivity index (χ3n) is 5.70. The minimum Gasteiger partial charge on any atom is -0.467 e. The van der Waals surface area contributed by atoms with Crippen molar-refractivity contribution in [2.75, 3.05) is 7.11 Å². The topological polar surface area (TPSA) is 51.7 Å². The molecule has 5 rings (SSSR count). The van der Waals surface area contributed by atoms with Crippen LogP contribution in [-0.4, -0.2) is 35.1 Å². The lowest BCUT2D eigenvalue weighted by atomic mass is 10.1. The van der Waals surface area contributed by atoms with Gasteiger partial charge in [0.2, 0.25) is 0 Å². The molecule has 0 saturated carbocycles. The van der Waals surface area contributed by atoms with Gasteiger partial charge in [-0.1, -0.05) is 48.0 Å². The summed E-state index contributed by atoms with van der Waals surface area (Å²) in [5, 5.41) is 1.06. The Kier molecular flexibility index (Phi) is 4.14. The molecule has 1 fully saturated rings. The van der Waals surface area contributed by atoms with E-state index in [1.807, 2.05) is 36.1 Å². The fourth-order valence-corrected chi connectivity index (χ4v) is 4.25. The summed E-state index contributed by atoms with van der Waals surface area (Å²) in [6.45, 7) is 3.98. The molecule has 2 aliphatic rings. The molecule has 0 unspecified atom stereocenters. The molecule has 146 valence electrons. The number of hydrogen-bond acceptors (Lipinski definition) is 5. The highest BCUT2D eigenvalue weighted by Crippen LogP contribution is 2.49. The molecule has 0 bridgehead atoms. The third kappa shape index (κ3) is 2.81. The number of hydrogen-bond donors (Lipinski definition) is 0. The summed E-state index contributed by atoms with van der Waals surface area (Å²) in [7, 11) is 1.42. The van der Waals surface area contributed by atoms with Gasteiger partial charge in [-0.2, -0.15) is 0 Å². The van der Waals surface area contributed by atoms with Crippen molar-refractivity contribution in [1.82, 2.24) is 9.88 Å². The highest BCUT2D eigenvalue weighted by atomic mass is 16.6. The van der Waals surface area contributed by atoms with E-state index in [-0.39, 0.29) is 18.3 Å². The van der Waals surface area contributed by atoms with Gasteiger partial charge in [0.15, 0.2) is 12.3 Å². The summed E-state index contributed by atoms with van der Waals surface area (Å²) in [6, 6.07) is 17.9. The van der Waals surface area contributed by atoms with Crippen LogP contribution in [0.3, 0.4) is 0 Å². The molecule has 2 aromatic carbocycles. The van der Waals surface area contributed by atoms with E-state index >= 15 is 0 Å². The number of aromatic nitrogens is 1. The first-order valence-corrected chi connectivity index (χ1v) is 9.77. The standard InChI is InChI=1S/C24H22N2O3/c1-14-8-10-16(11-9-14)12-20-21-18(13-17-6-4-5-7-19(17)25-21)23-26(20)22(15(2)29-23)24(27)28-3/h4-13,15,22-23H,1-3H3/b20-12-/t15-,22+,23+/m1/s1. The number of carbonyl (C=O) groups is 1. The van der Waals surface area contributed by atoms with Gasteiger partial charge in [-0.25, -0.2) is 9.78 Å². The van der Waals surface area contributed by atoms with E-state index in [1.165, 1.54) is 12.7 Å². The summed E-state index contributed by atoms with van der Waals surface area (Å²) < 4.78 is 11.3. The van der Waals surface area contributed by atoms with Crippen LogP contribution >= 0.6 is 0 Å². The number of carbonyl (C=O) groups excluding carboxylic acids is 1. The SMILES string of the molecule is COC(=O)[C@@H]1[C@@H](C)O[C@H]2c3cc4ccccc4nc3/C(=C/c3ccc(C)cc3)N12. The number of fused-ring (bicyclic) bond motifs is 4. The van der Waals surface area contributed by atoms with Crippen molar-refractivity contribution in [3.05, 3.63) is 77.0 Å². The minimum atomic E-state index is -0.515. The number of esters is 1. The van der Waals surface area contributed by atoms with Crippen molar-refractivity contribution in [1.29, 1.82) is 0 Å². The smallest absolute Gasteiger partial charge is 0.331 e. The van der Waals surface area contributed by atoms with Crippen LogP contribution in [0.2, 0.25) is 0 Å². The van der Waals surface area contributed by atoms with Crippen LogP contribution in [0, 0.1) is 6.92 Å². The summed E-state index contributed by atoms with van der Waals surface area (Å²) in [5.41, 5.74) is 5.90. The van der Waals surface area contributed by atoms with Crippen LogP contribution in [0.4, 0.5) is 0 Å². The summed E-state index contributed by atoms with van der Waals surface area (Å²) in [5.74, 6) is -0.299. The maximum absolute atomic E-state index is 12.6. The lowest BCUT2D eigenvalue weighted by molar-refractivity contribution is -0.145. The predicted molar refractivity (Wildman–Crippen MR) is 112 cm³/mol. The maximum Gasteiger partial charge on any atom is 0.331 e. The Morgan fingerprint density at radius 3 is 2.69 bits per heavy atom. The van der Waals surface area contributed by atoms with Crippen molar-refractivity contribution in [3.8, 4) is 0 Å². The molecule has 0 spiro atoms. The molecule has 1 saturated heterocycles. The zero-order valence-corrected chi connectivity index (χ0v) is 16.6. The lowest BCUT2D eigenvalue weighted by Gasteiger charge is -2.24. The molecule has 0 N–H and O–H groups in total. The molecule has 5 heteroatoms. The number of pyridine rings is 1. The molecule has 3 atom stereocenters. The Morgan fingerprint density at radius 2 is 1.93 bits per heavy atom. The Bertz CT molecular complexity index is 1140. The van der Waals surface area contributed by atoms with E-state index in [0.29, 0.717) is 0 Å². The highest BCUT2D eigenvalue weighted by molar-refractivity contribution is 5.91. The van der Waals surface area contributed by atoms with Gasteiger partial charge in [-0.05, 0) is 37.6 Å². The lowest BCUT2D eigenvalue weighted by Crippen LogP contribution is -2.39. The van der Waals surface area contributed by atoms with Crippen molar-refractivity contribution in [2.24, 2.45) is 0 Å². The zero-order chi connectivity index (χ0) is 20.1. The van der Waals surface area contributed by atoms with Gasteiger partial charge >= 0.3 is 5.97 Å². The van der Waals surface area contributed by atoms with Crippen LogP contribution in [0.15, 0.2) is 54.6 Å². The van der Waals surface area contributed by atoms with E-state index < -0.39 is 6.04 Å². The number of para-hydroxylation sites is 1. The number of benzene rings is 2. The molecule has 3 heterocycles. The molecule has 2 aliphatic heterocycles. The first-order chi connectivity index (χ1) is 14.1. The molecule has 0 amide bonds. The average molecular weight is 386 g/mol. The maximum atomic E-state index is 12.6. The molecule has 29 heavy (non-hydrogen) atoms. The van der Waals surface area contributed by atoms with E-state index in [2.05, 4.69) is 43.3 Å². The molecular formula is C24H22N2O3. The van der Waals surface area contributed by atoms with Crippen LogP contribution < -0.4 is 0 Å². The van der Waals surface area contributed by atoms with Gasteiger partial charge in [0.05, 0.1) is 30.1 Å².